The lowest BCUT2D eigenvalue weighted by Gasteiger charge is -2.42. The van der Waals surface area contributed by atoms with Gasteiger partial charge in [-0.25, -0.2) is 0 Å². The van der Waals surface area contributed by atoms with Gasteiger partial charge < -0.3 is 19.1 Å². The Hall–Kier alpha value is -2.67. The highest BCUT2D eigenvalue weighted by Crippen LogP contribution is 2.37. The molecular weight excluding hydrogens is 370 g/mol. The second kappa shape index (κ2) is 8.78. The SMILES string of the molecule is COc1cncc(OC2CCCN(C(=O)C3(c4ccccc4)CCOCC3)C2)n1. The molecule has 154 valence electrons. The number of piperidine rings is 1. The zero-order valence-electron chi connectivity index (χ0n) is 16.8. The Balaban J connectivity index is 1.51. The van der Waals surface area contributed by atoms with Crippen LogP contribution in [0.1, 0.15) is 31.2 Å². The number of aromatic nitrogens is 2. The summed E-state index contributed by atoms with van der Waals surface area (Å²) in [7, 11) is 1.55. The minimum absolute atomic E-state index is 0.109. The predicted molar refractivity (Wildman–Crippen MR) is 107 cm³/mol. The minimum Gasteiger partial charge on any atom is -0.480 e. The average Bonchev–Trinajstić information content (AvgIpc) is 2.80. The lowest BCUT2D eigenvalue weighted by Crippen LogP contribution is -2.54. The standard InChI is InChI=1S/C22H27N3O4/c1-27-19-14-23-15-20(24-19)29-18-8-5-11-25(16-18)21(26)22(9-12-28-13-10-22)17-6-3-2-4-7-17/h2-4,6-7,14-15,18H,5,8-13,16H2,1H3. The van der Waals surface area contributed by atoms with Crippen molar-refractivity contribution in [2.45, 2.75) is 37.2 Å². The van der Waals surface area contributed by atoms with Crippen molar-refractivity contribution in [3.8, 4) is 11.8 Å². The fourth-order valence-corrected chi connectivity index (χ4v) is 4.28. The zero-order chi connectivity index (χ0) is 20.1. The normalized spacial score (nSPS) is 21.4. The number of rotatable bonds is 5. The van der Waals surface area contributed by atoms with Crippen molar-refractivity contribution in [3.63, 3.8) is 0 Å². The van der Waals surface area contributed by atoms with Gasteiger partial charge in [-0.05, 0) is 31.2 Å². The number of nitrogens with zero attached hydrogens (tertiary/aromatic N) is 3. The molecule has 7 heteroatoms. The molecule has 1 aromatic heterocycles. The number of likely N-dealkylation sites (tertiary alicyclic amines) is 1. The summed E-state index contributed by atoms with van der Waals surface area (Å²) in [6.45, 7) is 2.51. The van der Waals surface area contributed by atoms with E-state index in [2.05, 4.69) is 22.1 Å². The molecule has 3 heterocycles. The van der Waals surface area contributed by atoms with Crippen LogP contribution < -0.4 is 9.47 Å². The molecule has 0 N–H and O–H groups in total. The van der Waals surface area contributed by atoms with Crippen LogP contribution in [0.3, 0.4) is 0 Å². The Kier molecular flexibility index (Phi) is 5.94. The van der Waals surface area contributed by atoms with E-state index < -0.39 is 5.41 Å². The molecule has 1 amide bonds. The molecule has 2 aliphatic heterocycles. The maximum absolute atomic E-state index is 13.7. The summed E-state index contributed by atoms with van der Waals surface area (Å²) in [6.07, 6.45) is 6.20. The van der Waals surface area contributed by atoms with E-state index in [1.807, 2.05) is 23.1 Å². The molecule has 0 aliphatic carbocycles. The summed E-state index contributed by atoms with van der Waals surface area (Å²) in [4.78, 5) is 24.1. The molecule has 0 saturated carbocycles. The van der Waals surface area contributed by atoms with E-state index in [1.165, 1.54) is 0 Å². The van der Waals surface area contributed by atoms with Crippen LogP contribution in [0.4, 0.5) is 0 Å². The molecule has 0 radical (unpaired) electrons. The largest absolute Gasteiger partial charge is 0.480 e. The van der Waals surface area contributed by atoms with Gasteiger partial charge in [-0.2, -0.15) is 4.98 Å². The first-order chi connectivity index (χ1) is 14.2. The van der Waals surface area contributed by atoms with E-state index in [1.54, 1.807) is 19.5 Å². The number of carbonyl (C=O) groups excluding carboxylic acids is 1. The fourth-order valence-electron chi connectivity index (χ4n) is 4.28. The summed E-state index contributed by atoms with van der Waals surface area (Å²) in [6, 6.07) is 10.1. The molecular formula is C22H27N3O4. The van der Waals surface area contributed by atoms with Crippen LogP contribution in [-0.2, 0) is 14.9 Å². The second-order valence-electron chi connectivity index (χ2n) is 7.59. The molecule has 4 rings (SSSR count). The Morgan fingerprint density at radius 1 is 1.17 bits per heavy atom. The van der Waals surface area contributed by atoms with Crippen LogP contribution in [0.5, 0.6) is 11.8 Å². The highest BCUT2D eigenvalue weighted by atomic mass is 16.5. The quantitative estimate of drug-likeness (QED) is 0.772. The fraction of sp³-hybridized carbons (Fsp3) is 0.500. The maximum Gasteiger partial charge on any atom is 0.235 e. The van der Waals surface area contributed by atoms with Gasteiger partial charge in [-0.3, -0.25) is 9.78 Å². The number of amides is 1. The first-order valence-electron chi connectivity index (χ1n) is 10.2. The molecule has 1 aromatic carbocycles. The monoisotopic (exact) mass is 397 g/mol. The van der Waals surface area contributed by atoms with Crippen molar-refractivity contribution in [1.29, 1.82) is 0 Å². The maximum atomic E-state index is 13.7. The van der Waals surface area contributed by atoms with Crippen molar-refractivity contribution in [2.24, 2.45) is 0 Å². The minimum atomic E-state index is -0.517. The molecule has 2 saturated heterocycles. The highest BCUT2D eigenvalue weighted by Gasteiger charge is 2.45. The van der Waals surface area contributed by atoms with Crippen molar-refractivity contribution in [3.05, 3.63) is 48.3 Å². The molecule has 1 unspecified atom stereocenters. The second-order valence-corrected chi connectivity index (χ2v) is 7.59. The number of hydrogen-bond donors (Lipinski definition) is 0. The summed E-state index contributed by atoms with van der Waals surface area (Å²) in [5, 5.41) is 0. The molecule has 2 fully saturated rings. The summed E-state index contributed by atoms with van der Waals surface area (Å²) >= 11 is 0. The van der Waals surface area contributed by atoms with Crippen LogP contribution in [0.25, 0.3) is 0 Å². The van der Waals surface area contributed by atoms with E-state index in [9.17, 15) is 4.79 Å². The first-order valence-corrected chi connectivity index (χ1v) is 10.2. The summed E-state index contributed by atoms with van der Waals surface area (Å²) in [5.74, 6) is 1.01. The van der Waals surface area contributed by atoms with Gasteiger partial charge in [0, 0.05) is 19.8 Å². The van der Waals surface area contributed by atoms with Crippen LogP contribution >= 0.6 is 0 Å². The number of carbonyl (C=O) groups is 1. The first kappa shape index (κ1) is 19.6. The lowest BCUT2D eigenvalue weighted by molar-refractivity contribution is -0.144. The highest BCUT2D eigenvalue weighted by molar-refractivity contribution is 5.88. The van der Waals surface area contributed by atoms with Crippen LogP contribution in [0, 0.1) is 0 Å². The third-order valence-electron chi connectivity index (χ3n) is 5.83. The van der Waals surface area contributed by atoms with Gasteiger partial charge >= 0.3 is 0 Å². The number of ether oxygens (including phenoxy) is 3. The molecule has 1 atom stereocenters. The van der Waals surface area contributed by atoms with Crippen molar-refractivity contribution >= 4 is 5.91 Å². The Bertz CT molecular complexity index is 824. The molecule has 7 nitrogen and oxygen atoms in total. The van der Waals surface area contributed by atoms with Crippen LogP contribution in [0.15, 0.2) is 42.7 Å². The number of benzene rings is 1. The molecule has 29 heavy (non-hydrogen) atoms. The average molecular weight is 397 g/mol. The van der Waals surface area contributed by atoms with Crippen LogP contribution in [-0.4, -0.2) is 60.3 Å². The van der Waals surface area contributed by atoms with E-state index in [0.717, 1.165) is 24.9 Å². The van der Waals surface area contributed by atoms with Gasteiger partial charge in [0.1, 0.15) is 6.10 Å². The van der Waals surface area contributed by atoms with E-state index in [-0.39, 0.29) is 12.0 Å². The molecule has 2 aromatic rings. The van der Waals surface area contributed by atoms with Crippen molar-refractivity contribution in [1.82, 2.24) is 14.9 Å². The van der Waals surface area contributed by atoms with Gasteiger partial charge in [0.15, 0.2) is 0 Å². The van der Waals surface area contributed by atoms with Crippen molar-refractivity contribution < 1.29 is 19.0 Å². The van der Waals surface area contributed by atoms with E-state index >= 15 is 0 Å². The summed E-state index contributed by atoms with van der Waals surface area (Å²) < 4.78 is 16.7. The van der Waals surface area contributed by atoms with Crippen LogP contribution in [0.2, 0.25) is 0 Å². The topological polar surface area (TPSA) is 73.8 Å². The number of methoxy groups -OCH3 is 1. The van der Waals surface area contributed by atoms with Gasteiger partial charge in [-0.15, -0.1) is 0 Å². The van der Waals surface area contributed by atoms with E-state index in [0.29, 0.717) is 44.4 Å². The predicted octanol–water partition coefficient (Wildman–Crippen LogP) is 2.60. The molecule has 0 bridgehead atoms. The van der Waals surface area contributed by atoms with Gasteiger partial charge in [0.25, 0.3) is 0 Å². The van der Waals surface area contributed by atoms with Gasteiger partial charge in [0.2, 0.25) is 17.7 Å². The van der Waals surface area contributed by atoms with Gasteiger partial charge in [-0.1, -0.05) is 30.3 Å². The smallest absolute Gasteiger partial charge is 0.235 e. The Morgan fingerprint density at radius 3 is 2.69 bits per heavy atom. The third-order valence-corrected chi connectivity index (χ3v) is 5.83. The molecule has 0 spiro atoms. The molecule has 2 aliphatic rings. The Morgan fingerprint density at radius 2 is 1.93 bits per heavy atom. The summed E-state index contributed by atoms with van der Waals surface area (Å²) in [5.41, 5.74) is 0.562. The Labute approximate surface area is 171 Å². The third kappa shape index (κ3) is 4.19. The lowest BCUT2D eigenvalue weighted by atomic mass is 9.72. The van der Waals surface area contributed by atoms with E-state index in [4.69, 9.17) is 14.2 Å². The zero-order valence-corrected chi connectivity index (χ0v) is 16.8. The van der Waals surface area contributed by atoms with Gasteiger partial charge in [0.05, 0.1) is 31.5 Å². The number of hydrogen-bond acceptors (Lipinski definition) is 6. The van der Waals surface area contributed by atoms with Crippen molar-refractivity contribution in [2.75, 3.05) is 33.4 Å².